The van der Waals surface area contributed by atoms with E-state index in [1.807, 2.05) is 0 Å². The average Bonchev–Trinajstić information content (AvgIpc) is 2.85. The zero-order chi connectivity index (χ0) is 14.4. The third kappa shape index (κ3) is 4.34. The second kappa shape index (κ2) is 7.43. The lowest BCUT2D eigenvalue weighted by Crippen LogP contribution is -2.04. The molecular formula is C14H22ClN5. The quantitative estimate of drug-likeness (QED) is 0.570. The maximum Gasteiger partial charge on any atom is 0.226 e. The van der Waals surface area contributed by atoms with Crippen LogP contribution in [0.15, 0.2) is 6.20 Å². The van der Waals surface area contributed by atoms with Crippen molar-refractivity contribution in [3.63, 3.8) is 0 Å². The maximum absolute atomic E-state index is 5.88. The van der Waals surface area contributed by atoms with Crippen LogP contribution >= 0.6 is 11.6 Å². The van der Waals surface area contributed by atoms with Gasteiger partial charge in [0.25, 0.3) is 0 Å². The highest BCUT2D eigenvalue weighted by molar-refractivity contribution is 6.28. The van der Waals surface area contributed by atoms with E-state index in [2.05, 4.69) is 39.3 Å². The van der Waals surface area contributed by atoms with Gasteiger partial charge in [0.15, 0.2) is 5.65 Å². The molecule has 0 bridgehead atoms. The van der Waals surface area contributed by atoms with Crippen molar-refractivity contribution in [1.29, 1.82) is 0 Å². The fourth-order valence-electron chi connectivity index (χ4n) is 2.18. The third-order valence-electron chi connectivity index (χ3n) is 3.28. The lowest BCUT2D eigenvalue weighted by molar-refractivity contribution is 0.523. The summed E-state index contributed by atoms with van der Waals surface area (Å²) in [5.74, 6) is 1.57. The first kappa shape index (κ1) is 15.0. The molecule has 0 aromatic carbocycles. The number of fused-ring (bicyclic) bond motifs is 1. The van der Waals surface area contributed by atoms with Crippen LogP contribution in [0.3, 0.4) is 0 Å². The fourth-order valence-corrected chi connectivity index (χ4v) is 2.35. The largest absolute Gasteiger partial charge is 0.369 e. The molecule has 0 radical (unpaired) electrons. The molecule has 0 aliphatic heterocycles. The van der Waals surface area contributed by atoms with Crippen molar-refractivity contribution in [1.82, 2.24) is 20.2 Å². The van der Waals surface area contributed by atoms with Crippen LogP contribution in [0.1, 0.15) is 46.0 Å². The van der Waals surface area contributed by atoms with Gasteiger partial charge in [0.05, 0.1) is 11.6 Å². The summed E-state index contributed by atoms with van der Waals surface area (Å²) in [7, 11) is 0. The van der Waals surface area contributed by atoms with Gasteiger partial charge in [0, 0.05) is 6.54 Å². The van der Waals surface area contributed by atoms with Gasteiger partial charge in [-0.1, -0.05) is 39.5 Å². The molecule has 5 nitrogen and oxygen atoms in total. The van der Waals surface area contributed by atoms with Crippen molar-refractivity contribution in [2.45, 2.75) is 46.0 Å². The number of hydrogen-bond acceptors (Lipinski definition) is 4. The number of anilines is 1. The molecule has 110 valence electrons. The van der Waals surface area contributed by atoms with E-state index in [0.717, 1.165) is 30.1 Å². The molecule has 2 N–H and O–H groups in total. The monoisotopic (exact) mass is 295 g/mol. The highest BCUT2D eigenvalue weighted by Crippen LogP contribution is 2.20. The van der Waals surface area contributed by atoms with E-state index in [1.165, 1.54) is 25.7 Å². The molecule has 0 saturated carbocycles. The summed E-state index contributed by atoms with van der Waals surface area (Å²) < 4.78 is 0. The van der Waals surface area contributed by atoms with Crippen LogP contribution in [-0.2, 0) is 0 Å². The van der Waals surface area contributed by atoms with Crippen LogP contribution in [0.2, 0.25) is 5.28 Å². The van der Waals surface area contributed by atoms with Crippen LogP contribution in [-0.4, -0.2) is 26.7 Å². The Bertz CT molecular complexity index is 537. The zero-order valence-corrected chi connectivity index (χ0v) is 12.9. The molecular weight excluding hydrogens is 274 g/mol. The van der Waals surface area contributed by atoms with Crippen molar-refractivity contribution in [2.75, 3.05) is 11.9 Å². The Kier molecular flexibility index (Phi) is 5.59. The number of halogens is 1. The minimum Gasteiger partial charge on any atom is -0.369 e. The van der Waals surface area contributed by atoms with E-state index >= 15 is 0 Å². The molecule has 0 fully saturated rings. The Labute approximate surface area is 124 Å². The molecule has 0 saturated heterocycles. The molecule has 0 unspecified atom stereocenters. The van der Waals surface area contributed by atoms with Gasteiger partial charge in [-0.3, -0.25) is 5.10 Å². The van der Waals surface area contributed by atoms with Crippen LogP contribution in [0.4, 0.5) is 5.82 Å². The normalized spacial score (nSPS) is 11.4. The van der Waals surface area contributed by atoms with Crippen molar-refractivity contribution in [2.24, 2.45) is 5.92 Å². The summed E-state index contributed by atoms with van der Waals surface area (Å²) in [4.78, 5) is 8.29. The summed E-state index contributed by atoms with van der Waals surface area (Å²) in [5, 5.41) is 11.2. The highest BCUT2D eigenvalue weighted by Gasteiger charge is 2.07. The van der Waals surface area contributed by atoms with Gasteiger partial charge >= 0.3 is 0 Å². The Morgan fingerprint density at radius 1 is 1.20 bits per heavy atom. The topological polar surface area (TPSA) is 66.5 Å². The van der Waals surface area contributed by atoms with Gasteiger partial charge in [0.2, 0.25) is 5.28 Å². The van der Waals surface area contributed by atoms with E-state index < -0.39 is 0 Å². The first-order valence-corrected chi connectivity index (χ1v) is 7.65. The van der Waals surface area contributed by atoms with E-state index in [4.69, 9.17) is 11.6 Å². The van der Waals surface area contributed by atoms with E-state index in [0.29, 0.717) is 5.65 Å². The number of H-pyrrole nitrogens is 1. The highest BCUT2D eigenvalue weighted by atomic mass is 35.5. The molecule has 0 aliphatic carbocycles. The summed E-state index contributed by atoms with van der Waals surface area (Å²) >= 11 is 5.88. The molecule has 0 atom stereocenters. The van der Waals surface area contributed by atoms with Crippen LogP contribution in [0.5, 0.6) is 0 Å². The minimum atomic E-state index is 0.237. The molecule has 20 heavy (non-hydrogen) atoms. The average molecular weight is 296 g/mol. The number of nitrogens with zero attached hydrogens (tertiary/aromatic N) is 3. The minimum absolute atomic E-state index is 0.237. The van der Waals surface area contributed by atoms with Crippen molar-refractivity contribution >= 4 is 28.5 Å². The molecule has 0 amide bonds. The lowest BCUT2D eigenvalue weighted by Gasteiger charge is -2.07. The molecule has 2 heterocycles. The standard InChI is InChI=1S/C14H22ClN5/c1-10(2)7-5-3-4-6-8-16-12-11-9-17-20-13(11)19-14(15)18-12/h9-10H,3-8H2,1-2H3,(H2,16,17,18,19,20). The second-order valence-electron chi connectivity index (χ2n) is 5.50. The Morgan fingerprint density at radius 2 is 2.00 bits per heavy atom. The van der Waals surface area contributed by atoms with Crippen molar-refractivity contribution in [3.8, 4) is 0 Å². The molecule has 0 aliphatic rings. The lowest BCUT2D eigenvalue weighted by atomic mass is 10.0. The fraction of sp³-hybridized carbons (Fsp3) is 0.643. The molecule has 0 spiro atoms. The molecule has 2 aromatic rings. The van der Waals surface area contributed by atoms with E-state index in [1.54, 1.807) is 6.20 Å². The van der Waals surface area contributed by atoms with Gasteiger partial charge in [-0.25, -0.2) is 0 Å². The maximum atomic E-state index is 5.88. The number of aromatic nitrogens is 4. The zero-order valence-electron chi connectivity index (χ0n) is 12.1. The first-order valence-electron chi connectivity index (χ1n) is 7.27. The van der Waals surface area contributed by atoms with Gasteiger partial charge in [-0.2, -0.15) is 15.1 Å². The second-order valence-corrected chi connectivity index (χ2v) is 5.84. The third-order valence-corrected chi connectivity index (χ3v) is 3.45. The number of rotatable bonds is 8. The van der Waals surface area contributed by atoms with Crippen LogP contribution < -0.4 is 5.32 Å². The molecule has 2 aromatic heterocycles. The first-order chi connectivity index (χ1) is 9.66. The van der Waals surface area contributed by atoms with E-state index in [9.17, 15) is 0 Å². The van der Waals surface area contributed by atoms with Crippen molar-refractivity contribution in [3.05, 3.63) is 11.5 Å². The number of unbranched alkanes of at least 4 members (excludes halogenated alkanes) is 3. The number of hydrogen-bond donors (Lipinski definition) is 2. The Hall–Kier alpha value is -1.36. The molecule has 2 rings (SSSR count). The molecule has 6 heteroatoms. The van der Waals surface area contributed by atoms with Gasteiger partial charge in [-0.15, -0.1) is 0 Å². The smallest absolute Gasteiger partial charge is 0.226 e. The van der Waals surface area contributed by atoms with Gasteiger partial charge in [-0.05, 0) is 23.9 Å². The van der Waals surface area contributed by atoms with E-state index in [-0.39, 0.29) is 5.28 Å². The van der Waals surface area contributed by atoms with Crippen LogP contribution in [0.25, 0.3) is 11.0 Å². The van der Waals surface area contributed by atoms with Gasteiger partial charge in [0.1, 0.15) is 5.82 Å². The summed E-state index contributed by atoms with van der Waals surface area (Å²) in [6.45, 7) is 5.45. The predicted molar refractivity (Wildman–Crippen MR) is 83.1 cm³/mol. The number of nitrogens with one attached hydrogen (secondary N) is 2. The predicted octanol–water partition coefficient (Wildman–Crippen LogP) is 4.02. The van der Waals surface area contributed by atoms with Gasteiger partial charge < -0.3 is 5.32 Å². The SMILES string of the molecule is CC(C)CCCCCCNc1nc(Cl)nc2[nH]ncc12. The van der Waals surface area contributed by atoms with Crippen molar-refractivity contribution < 1.29 is 0 Å². The summed E-state index contributed by atoms with van der Waals surface area (Å²) in [6, 6.07) is 0. The number of aromatic amines is 1. The Morgan fingerprint density at radius 3 is 2.80 bits per heavy atom. The Balaban J connectivity index is 1.74. The van der Waals surface area contributed by atoms with Crippen LogP contribution in [0, 0.1) is 5.92 Å². The summed E-state index contributed by atoms with van der Waals surface area (Å²) in [6.07, 6.45) is 8.04. The summed E-state index contributed by atoms with van der Waals surface area (Å²) in [5.41, 5.74) is 0.671.